The topological polar surface area (TPSA) is 51.0 Å². The molecule has 0 unspecified atom stereocenters. The maximum Gasteiger partial charge on any atom is 0.254 e. The second-order valence-electron chi connectivity index (χ2n) is 6.69. The lowest BCUT2D eigenvalue weighted by atomic mass is 10.1. The number of rotatable bonds is 5. The van der Waals surface area contributed by atoms with Crippen LogP contribution in [0.2, 0.25) is 0 Å². The van der Waals surface area contributed by atoms with Crippen LogP contribution in [-0.2, 0) is 20.1 Å². The molecule has 0 radical (unpaired) electrons. The summed E-state index contributed by atoms with van der Waals surface area (Å²) >= 11 is 0. The van der Waals surface area contributed by atoms with E-state index in [1.807, 2.05) is 42.1 Å². The number of fused-ring (bicyclic) bond motifs is 1. The number of pyridine rings is 1. The van der Waals surface area contributed by atoms with E-state index < -0.39 is 5.82 Å². The van der Waals surface area contributed by atoms with Gasteiger partial charge in [-0.05, 0) is 47.5 Å². The van der Waals surface area contributed by atoms with Gasteiger partial charge >= 0.3 is 0 Å². The van der Waals surface area contributed by atoms with E-state index in [9.17, 15) is 9.18 Å². The number of benzene rings is 2. The van der Waals surface area contributed by atoms with E-state index in [1.165, 1.54) is 12.1 Å². The van der Waals surface area contributed by atoms with Crippen LogP contribution in [0.1, 0.15) is 21.5 Å². The number of carbonyl (C=O) groups is 1. The molecule has 0 saturated heterocycles. The summed E-state index contributed by atoms with van der Waals surface area (Å²) in [4.78, 5) is 18.9. The first-order chi connectivity index (χ1) is 13.6. The standard InChI is InChI=1S/C22H19FN4O/c1-26-21-8-7-16(10-19(21)13-25-26)14-27(15-17-4-3-9-24-12-17)22(28)18-5-2-6-20(23)11-18/h2-13H,14-15H2,1H3. The molecule has 0 N–H and O–H groups in total. The van der Waals surface area contributed by atoms with Crippen molar-refractivity contribution in [3.8, 4) is 0 Å². The second-order valence-corrected chi connectivity index (χ2v) is 6.69. The summed E-state index contributed by atoms with van der Waals surface area (Å²) in [5, 5.41) is 5.28. The fraction of sp³-hybridized carbons (Fsp3) is 0.136. The molecule has 0 fully saturated rings. The first-order valence-electron chi connectivity index (χ1n) is 8.94. The van der Waals surface area contributed by atoms with Gasteiger partial charge in [0.2, 0.25) is 0 Å². The molecule has 6 heteroatoms. The molecule has 140 valence electrons. The fourth-order valence-electron chi connectivity index (χ4n) is 3.25. The summed E-state index contributed by atoms with van der Waals surface area (Å²) in [5.74, 6) is -0.654. The lowest BCUT2D eigenvalue weighted by Crippen LogP contribution is -2.30. The van der Waals surface area contributed by atoms with Gasteiger partial charge in [-0.25, -0.2) is 4.39 Å². The fourth-order valence-corrected chi connectivity index (χ4v) is 3.25. The normalized spacial score (nSPS) is 10.9. The summed E-state index contributed by atoms with van der Waals surface area (Å²) in [6, 6.07) is 15.5. The highest BCUT2D eigenvalue weighted by atomic mass is 19.1. The molecule has 5 nitrogen and oxygen atoms in total. The van der Waals surface area contributed by atoms with Gasteiger partial charge in [-0.2, -0.15) is 5.10 Å². The van der Waals surface area contributed by atoms with E-state index in [4.69, 9.17) is 0 Å². The number of carbonyl (C=O) groups excluding carboxylic acids is 1. The number of nitrogens with zero attached hydrogens (tertiary/aromatic N) is 4. The molecule has 0 atom stereocenters. The minimum atomic E-state index is -0.427. The molecule has 4 rings (SSSR count). The van der Waals surface area contributed by atoms with Crippen molar-refractivity contribution in [2.75, 3.05) is 0 Å². The minimum Gasteiger partial charge on any atom is -0.330 e. The third-order valence-electron chi connectivity index (χ3n) is 4.64. The molecule has 1 amide bonds. The predicted molar refractivity (Wildman–Crippen MR) is 105 cm³/mol. The van der Waals surface area contributed by atoms with E-state index in [-0.39, 0.29) is 5.91 Å². The maximum absolute atomic E-state index is 13.6. The Morgan fingerprint density at radius 3 is 2.68 bits per heavy atom. The molecule has 4 aromatic rings. The Bertz CT molecular complexity index is 1120. The number of hydrogen-bond donors (Lipinski definition) is 0. The van der Waals surface area contributed by atoms with Gasteiger partial charge < -0.3 is 4.90 Å². The Hall–Kier alpha value is -3.54. The van der Waals surface area contributed by atoms with Crippen LogP contribution in [0.25, 0.3) is 10.9 Å². The van der Waals surface area contributed by atoms with E-state index in [0.717, 1.165) is 22.0 Å². The lowest BCUT2D eigenvalue weighted by Gasteiger charge is -2.23. The Balaban J connectivity index is 1.65. The monoisotopic (exact) mass is 374 g/mol. The first kappa shape index (κ1) is 17.9. The number of aryl methyl sites for hydroxylation is 1. The smallest absolute Gasteiger partial charge is 0.254 e. The lowest BCUT2D eigenvalue weighted by molar-refractivity contribution is 0.0729. The molecule has 2 heterocycles. The highest BCUT2D eigenvalue weighted by molar-refractivity contribution is 5.94. The van der Waals surface area contributed by atoms with Crippen molar-refractivity contribution in [1.82, 2.24) is 19.7 Å². The highest BCUT2D eigenvalue weighted by Gasteiger charge is 2.18. The zero-order valence-corrected chi connectivity index (χ0v) is 15.4. The van der Waals surface area contributed by atoms with E-state index in [2.05, 4.69) is 10.1 Å². The van der Waals surface area contributed by atoms with Gasteiger partial charge in [0.1, 0.15) is 5.82 Å². The van der Waals surface area contributed by atoms with Crippen LogP contribution in [0.15, 0.2) is 73.2 Å². The predicted octanol–water partition coefficient (Wildman–Crippen LogP) is 3.95. The Morgan fingerprint density at radius 2 is 1.89 bits per heavy atom. The SMILES string of the molecule is Cn1ncc2cc(CN(Cc3cccnc3)C(=O)c3cccc(F)c3)ccc21. The van der Waals surface area contributed by atoms with Crippen LogP contribution in [0.3, 0.4) is 0 Å². The average Bonchev–Trinajstić information content (AvgIpc) is 3.08. The van der Waals surface area contributed by atoms with Gasteiger partial charge in [0.15, 0.2) is 0 Å². The van der Waals surface area contributed by atoms with Crippen molar-refractivity contribution < 1.29 is 9.18 Å². The summed E-state index contributed by atoms with van der Waals surface area (Å²) in [6.45, 7) is 0.781. The third kappa shape index (κ3) is 3.76. The van der Waals surface area contributed by atoms with Crippen molar-refractivity contribution in [3.63, 3.8) is 0 Å². The quantitative estimate of drug-likeness (QED) is 0.531. The molecular weight excluding hydrogens is 355 g/mol. The summed E-state index contributed by atoms with van der Waals surface area (Å²) in [7, 11) is 1.89. The molecule has 0 bridgehead atoms. The van der Waals surface area contributed by atoms with Gasteiger partial charge in [0, 0.05) is 43.5 Å². The van der Waals surface area contributed by atoms with Crippen LogP contribution in [0.4, 0.5) is 4.39 Å². The van der Waals surface area contributed by atoms with E-state index in [1.54, 1.807) is 35.6 Å². The number of halogens is 1. The van der Waals surface area contributed by atoms with Crippen LogP contribution in [-0.4, -0.2) is 25.6 Å². The Labute approximate surface area is 162 Å². The van der Waals surface area contributed by atoms with Gasteiger partial charge in [-0.3, -0.25) is 14.5 Å². The van der Waals surface area contributed by atoms with Crippen LogP contribution in [0, 0.1) is 5.82 Å². The van der Waals surface area contributed by atoms with Crippen molar-refractivity contribution in [3.05, 3.63) is 95.7 Å². The average molecular weight is 374 g/mol. The van der Waals surface area contributed by atoms with Gasteiger partial charge in [-0.1, -0.05) is 18.2 Å². The molecule has 0 aliphatic heterocycles. The van der Waals surface area contributed by atoms with Crippen molar-refractivity contribution in [2.24, 2.45) is 7.05 Å². The third-order valence-corrected chi connectivity index (χ3v) is 4.64. The number of hydrogen-bond acceptors (Lipinski definition) is 3. The molecular formula is C22H19FN4O. The van der Waals surface area contributed by atoms with Crippen LogP contribution < -0.4 is 0 Å². The van der Waals surface area contributed by atoms with Gasteiger partial charge in [0.05, 0.1) is 11.7 Å². The van der Waals surface area contributed by atoms with Crippen LogP contribution >= 0.6 is 0 Å². The van der Waals surface area contributed by atoms with Crippen molar-refractivity contribution in [2.45, 2.75) is 13.1 Å². The highest BCUT2D eigenvalue weighted by Crippen LogP contribution is 2.19. The molecule has 0 saturated carbocycles. The first-order valence-corrected chi connectivity index (χ1v) is 8.94. The van der Waals surface area contributed by atoms with E-state index >= 15 is 0 Å². The Morgan fingerprint density at radius 1 is 1.04 bits per heavy atom. The zero-order chi connectivity index (χ0) is 19.5. The maximum atomic E-state index is 13.6. The Kier molecular flexibility index (Phi) is 4.85. The summed E-state index contributed by atoms with van der Waals surface area (Å²) < 4.78 is 15.4. The minimum absolute atomic E-state index is 0.227. The molecule has 0 aliphatic rings. The molecule has 0 aliphatic carbocycles. The van der Waals surface area contributed by atoms with Crippen molar-refractivity contribution >= 4 is 16.8 Å². The second kappa shape index (κ2) is 7.60. The summed E-state index contributed by atoms with van der Waals surface area (Å²) in [5.41, 5.74) is 3.24. The van der Waals surface area contributed by atoms with Crippen molar-refractivity contribution in [1.29, 1.82) is 0 Å². The van der Waals surface area contributed by atoms with E-state index in [0.29, 0.717) is 18.7 Å². The zero-order valence-electron chi connectivity index (χ0n) is 15.4. The molecule has 0 spiro atoms. The largest absolute Gasteiger partial charge is 0.330 e. The molecule has 28 heavy (non-hydrogen) atoms. The number of aromatic nitrogens is 3. The molecule has 2 aromatic carbocycles. The summed E-state index contributed by atoms with van der Waals surface area (Å²) in [6.07, 6.45) is 5.23. The van der Waals surface area contributed by atoms with Gasteiger partial charge in [0.25, 0.3) is 5.91 Å². The van der Waals surface area contributed by atoms with Gasteiger partial charge in [-0.15, -0.1) is 0 Å². The number of amides is 1. The van der Waals surface area contributed by atoms with Crippen LogP contribution in [0.5, 0.6) is 0 Å². The molecule has 2 aromatic heterocycles.